The second-order valence-corrected chi connectivity index (χ2v) is 19.3. The summed E-state index contributed by atoms with van der Waals surface area (Å²) in [5, 5.41) is 2.14. The Morgan fingerprint density at radius 2 is 1.15 bits per heavy atom. The Labute approximate surface area is 364 Å². The molecule has 0 fully saturated rings. The molecule has 308 valence electrons. The molecule has 0 aliphatic carbocycles. The zero-order chi connectivity index (χ0) is 43.6. The first-order chi connectivity index (χ1) is 29.5. The first kappa shape index (κ1) is 40.4. The van der Waals surface area contributed by atoms with Gasteiger partial charge in [0.05, 0.1) is 22.7 Å². The molecule has 0 amide bonds. The highest BCUT2D eigenvalue weighted by atomic mass is 16.5. The topological polar surface area (TPSA) is 71.7 Å². The van der Waals surface area contributed by atoms with Gasteiger partial charge in [0.15, 0.2) is 24.5 Å². The summed E-state index contributed by atoms with van der Waals surface area (Å²) >= 11 is 0. The molecule has 4 heterocycles. The van der Waals surface area contributed by atoms with Crippen molar-refractivity contribution >= 4 is 33.5 Å². The van der Waals surface area contributed by atoms with Gasteiger partial charge in [-0.15, -0.1) is 0 Å². The van der Waals surface area contributed by atoms with Crippen molar-refractivity contribution in [2.45, 2.75) is 78.6 Å². The van der Waals surface area contributed by atoms with Crippen LogP contribution in [-0.4, -0.2) is 46.7 Å². The third-order valence-electron chi connectivity index (χ3n) is 11.5. The number of ether oxygens (including phenoxy) is 1. The average Bonchev–Trinajstić information content (AvgIpc) is 3.83. The van der Waals surface area contributed by atoms with E-state index in [0.717, 1.165) is 50.0 Å². The highest BCUT2D eigenvalue weighted by Gasteiger charge is 2.25. The number of aromatic nitrogens is 5. The number of pyridine rings is 1. The third-order valence-corrected chi connectivity index (χ3v) is 11.5. The summed E-state index contributed by atoms with van der Waals surface area (Å²) < 4.78 is 13.1. The number of hydrogen-bond acceptors (Lipinski definition) is 5. The van der Waals surface area contributed by atoms with Crippen LogP contribution in [0.3, 0.4) is 0 Å². The van der Waals surface area contributed by atoms with Crippen LogP contribution >= 0.6 is 0 Å². The molecule has 8 heteroatoms. The average molecular weight is 816 g/mol. The molecule has 1 aliphatic heterocycles. The molecule has 0 N–H and O–H groups in total. The molecule has 0 saturated carbocycles. The molecule has 8 nitrogen and oxygen atoms in total. The monoisotopic (exact) mass is 815 g/mol. The standard InChI is InChI=1S/C54H53N7O/c1-52(2,3)37-21-17-35(18-22-37)49-56-50(36-19-23-38(24-20-36)53(4,5)6)58-51(57-49)44-32-43-42-30-39(54(7,8)9)25-26-45(42)61(48-16-11-12-27-55-48)46(43)33-47(44)62-41-15-13-14-40(31-41)60-29-28-59(10)34-60/h11-33H,1-10H3/q+2. The zero-order valence-electron chi connectivity index (χ0n) is 37.3. The van der Waals surface area contributed by atoms with E-state index in [2.05, 4.69) is 152 Å². The molecular formula is C54H53N7O+2. The van der Waals surface area contributed by atoms with Gasteiger partial charge in [0.2, 0.25) is 11.9 Å². The molecule has 62 heavy (non-hydrogen) atoms. The molecule has 0 atom stereocenters. The predicted octanol–water partition coefficient (Wildman–Crippen LogP) is 13.0. The van der Waals surface area contributed by atoms with Crippen LogP contribution in [0.1, 0.15) is 79.0 Å². The van der Waals surface area contributed by atoms with Crippen LogP contribution < -0.4 is 4.74 Å². The van der Waals surface area contributed by atoms with Crippen LogP contribution in [0.2, 0.25) is 0 Å². The van der Waals surface area contributed by atoms with E-state index in [0.29, 0.717) is 29.0 Å². The highest BCUT2D eigenvalue weighted by Crippen LogP contribution is 2.43. The minimum Gasteiger partial charge on any atom is -0.456 e. The van der Waals surface area contributed by atoms with Gasteiger partial charge in [-0.25, -0.2) is 19.9 Å². The highest BCUT2D eigenvalue weighted by molar-refractivity contribution is 6.11. The van der Waals surface area contributed by atoms with Crippen molar-refractivity contribution in [1.29, 1.82) is 0 Å². The van der Waals surface area contributed by atoms with Crippen LogP contribution in [0.5, 0.6) is 11.5 Å². The van der Waals surface area contributed by atoms with Crippen molar-refractivity contribution in [1.82, 2.24) is 24.5 Å². The van der Waals surface area contributed by atoms with Gasteiger partial charge in [-0.1, -0.05) is 138 Å². The van der Waals surface area contributed by atoms with Crippen molar-refractivity contribution in [2.24, 2.45) is 0 Å². The first-order valence-electron chi connectivity index (χ1n) is 21.3. The fraction of sp³-hybridized carbons (Fsp3) is 0.241. The number of nitrogens with zero attached hydrogens (tertiary/aromatic N) is 7. The SMILES string of the molecule is C[N+]1=C=[N+](c2cccc(Oc3cc4c(cc3-c3nc(-c5ccc(C(C)(C)C)cc5)nc(-c5ccc(C(C)(C)C)cc5)n3)c3cc(C(C)(C)C)ccc3n4-c3ccccn3)c2)C=C1. The Morgan fingerprint density at radius 3 is 1.71 bits per heavy atom. The second kappa shape index (κ2) is 15.2. The molecule has 0 bridgehead atoms. The van der Waals surface area contributed by atoms with Crippen molar-refractivity contribution in [3.63, 3.8) is 0 Å². The van der Waals surface area contributed by atoms with Gasteiger partial charge < -0.3 is 4.74 Å². The van der Waals surface area contributed by atoms with Crippen molar-refractivity contribution in [3.8, 4) is 51.5 Å². The summed E-state index contributed by atoms with van der Waals surface area (Å²) in [6.45, 7) is 20.1. The summed E-state index contributed by atoms with van der Waals surface area (Å²) in [5.74, 6) is 3.75. The largest absolute Gasteiger partial charge is 0.495 e. The molecular weight excluding hydrogens is 763 g/mol. The molecule has 3 aromatic heterocycles. The minimum absolute atomic E-state index is 0.0000597. The molecule has 8 aromatic rings. The van der Waals surface area contributed by atoms with Crippen LogP contribution in [0.25, 0.3) is 61.8 Å². The smallest absolute Gasteiger partial charge is 0.456 e. The predicted molar refractivity (Wildman–Crippen MR) is 251 cm³/mol. The Morgan fingerprint density at radius 1 is 0.548 bits per heavy atom. The summed E-state index contributed by atoms with van der Waals surface area (Å²) in [7, 11) is 1.96. The van der Waals surface area contributed by atoms with Gasteiger partial charge in [0.1, 0.15) is 17.3 Å². The third kappa shape index (κ3) is 7.86. The maximum absolute atomic E-state index is 7.04. The maximum Gasteiger partial charge on any atom is 0.495 e. The van der Waals surface area contributed by atoms with E-state index in [-0.39, 0.29) is 16.2 Å². The van der Waals surface area contributed by atoms with E-state index in [1.807, 2.05) is 77.3 Å². The first-order valence-corrected chi connectivity index (χ1v) is 21.3. The van der Waals surface area contributed by atoms with Gasteiger partial charge in [-0.2, -0.15) is 0 Å². The van der Waals surface area contributed by atoms with E-state index in [1.54, 1.807) is 0 Å². The number of rotatable bonds is 7. The van der Waals surface area contributed by atoms with E-state index in [9.17, 15) is 0 Å². The second-order valence-electron chi connectivity index (χ2n) is 19.3. The maximum atomic E-state index is 7.04. The fourth-order valence-electron chi connectivity index (χ4n) is 7.87. The van der Waals surface area contributed by atoms with Crippen LogP contribution in [0.15, 0.2) is 140 Å². The summed E-state index contributed by atoms with van der Waals surface area (Å²) in [4.78, 5) is 20.6. The van der Waals surface area contributed by atoms with E-state index in [1.165, 1.54) is 16.7 Å². The zero-order valence-corrected chi connectivity index (χ0v) is 37.3. The van der Waals surface area contributed by atoms with Crippen molar-refractivity contribution in [2.75, 3.05) is 7.05 Å². The Kier molecular flexibility index (Phi) is 9.87. The molecule has 0 unspecified atom stereocenters. The quantitative estimate of drug-likeness (QED) is 0.150. The van der Waals surface area contributed by atoms with Crippen LogP contribution in [0, 0.1) is 0 Å². The lowest BCUT2D eigenvalue weighted by Gasteiger charge is -2.19. The molecule has 9 rings (SSSR count). The minimum atomic E-state index is -0.0677. The van der Waals surface area contributed by atoms with Gasteiger partial charge in [0, 0.05) is 40.2 Å². The number of fused-ring (bicyclic) bond motifs is 3. The van der Waals surface area contributed by atoms with Crippen LogP contribution in [-0.2, 0) is 16.2 Å². The molecule has 1 aliphatic rings. The van der Waals surface area contributed by atoms with E-state index < -0.39 is 0 Å². The lowest BCUT2D eigenvalue weighted by atomic mass is 9.86. The van der Waals surface area contributed by atoms with Gasteiger partial charge in [0.25, 0.3) is 6.20 Å². The molecule has 5 aromatic carbocycles. The summed E-state index contributed by atoms with van der Waals surface area (Å²) in [6.07, 6.45) is 5.77. The Hall–Kier alpha value is -7.02. The van der Waals surface area contributed by atoms with Crippen molar-refractivity contribution in [3.05, 3.63) is 157 Å². The van der Waals surface area contributed by atoms with Gasteiger partial charge in [-0.05, 0) is 69.3 Å². The van der Waals surface area contributed by atoms with E-state index >= 15 is 0 Å². The van der Waals surface area contributed by atoms with Crippen molar-refractivity contribution < 1.29 is 13.9 Å². The normalized spacial score (nSPS) is 13.2. The molecule has 0 radical (unpaired) electrons. The lowest BCUT2D eigenvalue weighted by Crippen LogP contribution is -2.11. The lowest BCUT2D eigenvalue weighted by molar-refractivity contribution is -0.429. The Bertz CT molecular complexity index is 3040. The summed E-state index contributed by atoms with van der Waals surface area (Å²) in [6, 6.07) is 45.6. The fourth-order valence-corrected chi connectivity index (χ4v) is 7.87. The van der Waals surface area contributed by atoms with Crippen LogP contribution in [0.4, 0.5) is 5.69 Å². The summed E-state index contributed by atoms with van der Waals surface area (Å²) in [5.41, 5.74) is 9.12. The van der Waals surface area contributed by atoms with E-state index in [4.69, 9.17) is 24.7 Å². The molecule has 0 spiro atoms. The number of hydrogen-bond donors (Lipinski definition) is 0. The van der Waals surface area contributed by atoms with Gasteiger partial charge in [-0.3, -0.25) is 4.57 Å². The molecule has 0 saturated heterocycles. The number of benzene rings is 5. The Balaban J connectivity index is 1.33. The van der Waals surface area contributed by atoms with Gasteiger partial charge >= 0.3 is 6.01 Å².